The van der Waals surface area contributed by atoms with Gasteiger partial charge < -0.3 is 0 Å². The van der Waals surface area contributed by atoms with Gasteiger partial charge in [-0.1, -0.05) is 16.5 Å². The molecular weight excluding hydrogens is 414 g/mol. The molecule has 0 bridgehead atoms. The van der Waals surface area contributed by atoms with E-state index in [9.17, 15) is 26.0 Å². The Morgan fingerprint density at radius 2 is 1.78 bits per heavy atom. The van der Waals surface area contributed by atoms with E-state index in [-0.39, 0.29) is 9.30 Å². The van der Waals surface area contributed by atoms with Crippen LogP contribution in [0.3, 0.4) is 0 Å². The molecule has 0 amide bonds. The molecule has 0 fully saturated rings. The summed E-state index contributed by atoms with van der Waals surface area (Å²) in [4.78, 5) is 5.80. The van der Waals surface area contributed by atoms with Gasteiger partial charge in [-0.2, -0.15) is 0 Å². The third-order valence-electron chi connectivity index (χ3n) is 3.37. The first-order valence-electron chi connectivity index (χ1n) is 6.79. The first-order valence-corrected chi connectivity index (χ1v) is 9.05. The fraction of sp³-hybridized carbons (Fsp3) is 0.167. The van der Waals surface area contributed by atoms with Gasteiger partial charge >= 0.3 is 0 Å². The lowest BCUT2D eigenvalue weighted by Crippen LogP contribution is -2.22. The summed E-state index contributed by atoms with van der Waals surface area (Å²) < 4.78 is 81.7. The van der Waals surface area contributed by atoms with Crippen LogP contribution in [0.5, 0.6) is 0 Å². The average molecular weight is 421 g/mol. The number of azide groups is 1. The van der Waals surface area contributed by atoms with Crippen molar-refractivity contribution in [3.05, 3.63) is 39.9 Å². The average Bonchev–Trinajstić information content (AvgIpc) is 3.16. The van der Waals surface area contributed by atoms with Crippen molar-refractivity contribution < 1.29 is 26.0 Å². The van der Waals surface area contributed by atoms with Gasteiger partial charge in [0.15, 0.2) is 23.3 Å². The Bertz CT molecular complexity index is 1170. The maximum atomic E-state index is 14.2. The molecule has 0 aliphatic heterocycles. The van der Waals surface area contributed by atoms with Gasteiger partial charge in [0, 0.05) is 19.0 Å². The molecule has 15 heteroatoms. The molecule has 0 saturated heterocycles. The number of sulfonamides is 1. The van der Waals surface area contributed by atoms with Crippen molar-refractivity contribution in [3.63, 3.8) is 0 Å². The summed E-state index contributed by atoms with van der Waals surface area (Å²) in [6, 6.07) is 0. The number of benzene rings is 1. The molecule has 3 aromatic rings. The van der Waals surface area contributed by atoms with Gasteiger partial charge in [0.1, 0.15) is 5.69 Å². The van der Waals surface area contributed by atoms with Crippen LogP contribution < -0.4 is 0 Å². The summed E-state index contributed by atoms with van der Waals surface area (Å²) in [6.07, 6.45) is 0.911. The van der Waals surface area contributed by atoms with Crippen LogP contribution in [0.2, 0.25) is 0 Å². The van der Waals surface area contributed by atoms with E-state index in [0.29, 0.717) is 11.3 Å². The molecule has 0 unspecified atom stereocenters. The minimum atomic E-state index is -3.86. The summed E-state index contributed by atoms with van der Waals surface area (Å²) in [7, 11) is -1.29. The van der Waals surface area contributed by atoms with Crippen LogP contribution >= 0.6 is 11.3 Å². The van der Waals surface area contributed by atoms with Crippen molar-refractivity contribution in [3.8, 4) is 11.3 Å². The van der Waals surface area contributed by atoms with E-state index in [2.05, 4.69) is 20.1 Å². The third-order valence-corrected chi connectivity index (χ3v) is 6.45. The van der Waals surface area contributed by atoms with Gasteiger partial charge in [-0.05, 0) is 5.53 Å². The van der Waals surface area contributed by atoms with Crippen molar-refractivity contribution in [1.29, 1.82) is 0 Å². The summed E-state index contributed by atoms with van der Waals surface area (Å²) >= 11 is 0.592. The minimum Gasteiger partial charge on any atom is -0.217 e. The molecule has 2 heterocycles. The second-order valence-electron chi connectivity index (χ2n) is 5.18. The molecule has 0 saturated carbocycles. The monoisotopic (exact) mass is 421 g/mol. The fourth-order valence-corrected chi connectivity index (χ4v) is 4.25. The number of fused-ring (bicyclic) bond motifs is 1. The molecule has 142 valence electrons. The van der Waals surface area contributed by atoms with E-state index in [4.69, 9.17) is 5.53 Å². The van der Waals surface area contributed by atoms with Gasteiger partial charge in [-0.15, -0.1) is 5.10 Å². The SMILES string of the molecule is CN(C)S(=O)(=O)c1nn2cc(-c3c(F)c(F)c(N=[N+]=[N-])c(F)c3F)nc2s1. The first kappa shape index (κ1) is 19.0. The Kier molecular flexibility index (Phi) is 4.55. The van der Waals surface area contributed by atoms with E-state index < -0.39 is 50.2 Å². The number of imidazole rings is 1. The fourth-order valence-electron chi connectivity index (χ4n) is 2.04. The van der Waals surface area contributed by atoms with E-state index in [1.807, 2.05) is 0 Å². The molecular formula is C12H7F4N7O2S2. The van der Waals surface area contributed by atoms with Crippen LogP contribution in [0.1, 0.15) is 0 Å². The van der Waals surface area contributed by atoms with Gasteiger partial charge in [-0.25, -0.2) is 39.8 Å². The largest absolute Gasteiger partial charge is 0.271 e. The van der Waals surface area contributed by atoms with Crippen molar-refractivity contribution in [2.75, 3.05) is 14.1 Å². The highest BCUT2D eigenvalue weighted by Crippen LogP contribution is 2.36. The van der Waals surface area contributed by atoms with Crippen molar-refractivity contribution >= 4 is 32.0 Å². The summed E-state index contributed by atoms with van der Waals surface area (Å²) in [5, 5.41) is 6.34. The predicted octanol–water partition coefficient (Wildman–Crippen LogP) is 3.21. The van der Waals surface area contributed by atoms with Crippen LogP contribution in [-0.2, 0) is 10.0 Å². The first-order chi connectivity index (χ1) is 12.6. The van der Waals surface area contributed by atoms with Crippen LogP contribution in [0.4, 0.5) is 23.2 Å². The van der Waals surface area contributed by atoms with Crippen molar-refractivity contribution in [1.82, 2.24) is 18.9 Å². The second kappa shape index (κ2) is 6.45. The van der Waals surface area contributed by atoms with E-state index in [1.54, 1.807) is 0 Å². The molecule has 0 aliphatic rings. The standard InChI is InChI=1S/C12H7F4N7O2S2/c1-22(2)27(24,25)12-20-23-3-4(18-11(23)26-12)5-6(13)8(15)10(19-21-17)9(16)7(5)14/h3H,1-2H3. The van der Waals surface area contributed by atoms with Crippen LogP contribution in [0.25, 0.3) is 26.7 Å². The Balaban J connectivity index is 2.20. The Labute approximate surface area is 152 Å². The molecule has 2 aromatic heterocycles. The highest BCUT2D eigenvalue weighted by Gasteiger charge is 2.29. The minimum absolute atomic E-state index is 0.0795. The highest BCUT2D eigenvalue weighted by atomic mass is 32.2. The molecule has 0 spiro atoms. The van der Waals surface area contributed by atoms with Gasteiger partial charge in [0.2, 0.25) is 9.30 Å². The van der Waals surface area contributed by atoms with E-state index in [0.717, 1.165) is 15.0 Å². The molecule has 0 N–H and O–H groups in total. The van der Waals surface area contributed by atoms with E-state index in [1.165, 1.54) is 14.1 Å². The quantitative estimate of drug-likeness (QED) is 0.211. The Hall–Kier alpha value is -2.74. The topological polar surface area (TPSA) is 116 Å². The molecule has 27 heavy (non-hydrogen) atoms. The molecule has 0 radical (unpaired) electrons. The number of halogens is 4. The molecule has 1 aromatic carbocycles. The third kappa shape index (κ3) is 2.90. The van der Waals surface area contributed by atoms with Gasteiger partial charge in [-0.3, -0.25) is 0 Å². The predicted molar refractivity (Wildman–Crippen MR) is 85.8 cm³/mol. The Morgan fingerprint density at radius 1 is 1.19 bits per heavy atom. The zero-order chi connectivity index (χ0) is 20.1. The summed E-state index contributed by atoms with van der Waals surface area (Å²) in [5.74, 6) is -7.41. The van der Waals surface area contributed by atoms with Crippen LogP contribution in [0.15, 0.2) is 15.7 Å². The van der Waals surface area contributed by atoms with Crippen molar-refractivity contribution in [2.24, 2.45) is 5.11 Å². The lowest BCUT2D eigenvalue weighted by molar-refractivity contribution is 0.461. The zero-order valence-corrected chi connectivity index (χ0v) is 15.0. The van der Waals surface area contributed by atoms with Gasteiger partial charge in [0.05, 0.1) is 17.5 Å². The highest BCUT2D eigenvalue weighted by molar-refractivity contribution is 7.91. The summed E-state index contributed by atoms with van der Waals surface area (Å²) in [6.45, 7) is 0. The number of nitrogens with zero attached hydrogens (tertiary/aromatic N) is 7. The molecule has 0 aliphatic carbocycles. The van der Waals surface area contributed by atoms with Crippen LogP contribution in [0, 0.1) is 23.3 Å². The maximum Gasteiger partial charge on any atom is 0.271 e. The maximum absolute atomic E-state index is 14.2. The lowest BCUT2D eigenvalue weighted by atomic mass is 10.1. The molecule has 9 nitrogen and oxygen atoms in total. The smallest absolute Gasteiger partial charge is 0.217 e. The zero-order valence-electron chi connectivity index (χ0n) is 13.4. The molecule has 3 rings (SSSR count). The van der Waals surface area contributed by atoms with Crippen molar-refractivity contribution in [2.45, 2.75) is 4.34 Å². The van der Waals surface area contributed by atoms with E-state index >= 15 is 0 Å². The van der Waals surface area contributed by atoms with Crippen LogP contribution in [-0.4, -0.2) is 41.4 Å². The Morgan fingerprint density at radius 3 is 2.26 bits per heavy atom. The normalized spacial score (nSPS) is 12.0. The number of aromatic nitrogens is 3. The number of hydrogen-bond donors (Lipinski definition) is 0. The number of hydrogen-bond acceptors (Lipinski definition) is 6. The molecule has 0 atom stereocenters. The second-order valence-corrected chi connectivity index (χ2v) is 8.46. The van der Waals surface area contributed by atoms with Gasteiger partial charge in [0.25, 0.3) is 10.0 Å². The lowest BCUT2D eigenvalue weighted by Gasteiger charge is -2.07. The summed E-state index contributed by atoms with van der Waals surface area (Å²) in [5.41, 5.74) is 5.12. The number of rotatable bonds is 4.